The van der Waals surface area contributed by atoms with Crippen molar-refractivity contribution in [1.29, 1.82) is 0 Å². The van der Waals surface area contributed by atoms with Crippen LogP contribution in [0.2, 0.25) is 0 Å². The van der Waals surface area contributed by atoms with Crippen LogP contribution in [0.4, 0.5) is 0 Å². The molecule has 61 heavy (non-hydrogen) atoms. The number of amides is 6. The monoisotopic (exact) mass is 861 g/mol. The van der Waals surface area contributed by atoms with Gasteiger partial charge in [0.2, 0.25) is 35.4 Å². The van der Waals surface area contributed by atoms with E-state index in [0.717, 1.165) is 69.8 Å². The molecule has 1 aromatic carbocycles. The quantitative estimate of drug-likeness (QED) is 0.0478. The van der Waals surface area contributed by atoms with E-state index in [4.69, 9.17) is 5.73 Å². The Bertz CT molecular complexity index is 1490. The van der Waals surface area contributed by atoms with Gasteiger partial charge in [-0.15, -0.1) is 0 Å². The predicted molar refractivity (Wildman–Crippen MR) is 234 cm³/mol. The third kappa shape index (κ3) is 22.2. The average Bonchev–Trinajstić information content (AvgIpc) is 3.20. The Hall–Kier alpha value is -4.57. The molecule has 0 bridgehead atoms. The lowest BCUT2D eigenvalue weighted by atomic mass is 9.97. The van der Waals surface area contributed by atoms with Crippen molar-refractivity contribution >= 4 is 41.4 Å². The number of aliphatic hydroxyl groups excluding tert-OH is 2. The topological polar surface area (TPSA) is 258 Å². The van der Waals surface area contributed by atoms with E-state index in [1.807, 2.05) is 51.1 Å². The first kappa shape index (κ1) is 54.4. The van der Waals surface area contributed by atoms with Crippen LogP contribution in [0.5, 0.6) is 0 Å². The van der Waals surface area contributed by atoms with Gasteiger partial charge in [0.15, 0.2) is 0 Å². The summed E-state index contributed by atoms with van der Waals surface area (Å²) in [7, 11) is 1.45. The predicted octanol–water partition coefficient (Wildman–Crippen LogP) is 3.49. The van der Waals surface area contributed by atoms with Crippen molar-refractivity contribution in [2.75, 3.05) is 13.7 Å². The van der Waals surface area contributed by atoms with Crippen molar-refractivity contribution in [2.45, 2.75) is 180 Å². The summed E-state index contributed by atoms with van der Waals surface area (Å²) in [5, 5.41) is 40.0. The fourth-order valence-corrected chi connectivity index (χ4v) is 7.08. The Morgan fingerprint density at radius 3 is 1.64 bits per heavy atom. The van der Waals surface area contributed by atoms with Crippen LogP contribution < -0.4 is 27.0 Å². The highest BCUT2D eigenvalue weighted by Gasteiger charge is 2.36. The number of carboxylic acid groups (broad SMARTS) is 1. The van der Waals surface area contributed by atoms with Crippen LogP contribution in [0.1, 0.15) is 143 Å². The van der Waals surface area contributed by atoms with Gasteiger partial charge < -0.3 is 47.2 Å². The zero-order chi connectivity index (χ0) is 45.9. The molecule has 0 spiro atoms. The highest BCUT2D eigenvalue weighted by Crippen LogP contribution is 2.16. The summed E-state index contributed by atoms with van der Waals surface area (Å²) >= 11 is 0. The number of rotatable bonds is 33. The Labute approximate surface area is 362 Å². The first-order valence-electron chi connectivity index (χ1n) is 22.2. The van der Waals surface area contributed by atoms with Crippen LogP contribution in [0.25, 0.3) is 0 Å². The van der Waals surface area contributed by atoms with Crippen LogP contribution in [0, 0.1) is 11.8 Å². The molecule has 0 aliphatic rings. The number of nitrogens with two attached hydrogens (primary N) is 1. The molecular formula is C45H76N6O10. The molecule has 7 atom stereocenters. The van der Waals surface area contributed by atoms with Gasteiger partial charge in [-0.05, 0) is 43.6 Å². The zero-order valence-electron chi connectivity index (χ0n) is 37.5. The van der Waals surface area contributed by atoms with E-state index in [0.29, 0.717) is 32.1 Å². The number of carboxylic acids is 1. The molecule has 0 heterocycles. The van der Waals surface area contributed by atoms with Gasteiger partial charge in [-0.2, -0.15) is 0 Å². The van der Waals surface area contributed by atoms with Gasteiger partial charge >= 0.3 is 5.97 Å². The van der Waals surface area contributed by atoms with Gasteiger partial charge in [0.25, 0.3) is 0 Å². The highest BCUT2D eigenvalue weighted by atomic mass is 16.4. The number of hydrogen-bond acceptors (Lipinski definition) is 9. The fourth-order valence-electron chi connectivity index (χ4n) is 7.08. The molecule has 346 valence electrons. The third-order valence-corrected chi connectivity index (χ3v) is 11.0. The van der Waals surface area contributed by atoms with Gasteiger partial charge in [-0.1, -0.05) is 129 Å². The second-order valence-electron chi connectivity index (χ2n) is 16.8. The van der Waals surface area contributed by atoms with Crippen molar-refractivity contribution in [3.8, 4) is 0 Å². The van der Waals surface area contributed by atoms with E-state index in [-0.39, 0.29) is 36.5 Å². The molecule has 0 saturated carbocycles. The van der Waals surface area contributed by atoms with Crippen molar-refractivity contribution < 1.29 is 48.9 Å². The van der Waals surface area contributed by atoms with Gasteiger partial charge in [-0.3, -0.25) is 28.8 Å². The molecule has 1 aromatic rings. The number of unbranched alkanes of at least 4 members (excludes halogenated alkanes) is 11. The lowest BCUT2D eigenvalue weighted by Crippen LogP contribution is -2.60. The molecule has 1 rings (SSSR count). The summed E-state index contributed by atoms with van der Waals surface area (Å²) < 4.78 is 0. The molecule has 9 N–H and O–H groups in total. The maximum absolute atomic E-state index is 13.3. The Morgan fingerprint density at radius 2 is 1.18 bits per heavy atom. The Morgan fingerprint density at radius 1 is 0.672 bits per heavy atom. The summed E-state index contributed by atoms with van der Waals surface area (Å²) in [5.74, 6) is -4.72. The molecule has 16 heteroatoms. The second kappa shape index (κ2) is 30.5. The van der Waals surface area contributed by atoms with Crippen LogP contribution >= 0.6 is 0 Å². The number of aliphatic carboxylic acids is 1. The van der Waals surface area contributed by atoms with Crippen LogP contribution in [0.3, 0.4) is 0 Å². The number of hydrogen-bond donors (Lipinski definition) is 8. The van der Waals surface area contributed by atoms with Gasteiger partial charge in [-0.25, -0.2) is 4.79 Å². The molecule has 0 aliphatic heterocycles. The number of carbonyl (C=O) groups excluding carboxylic acids is 6. The van der Waals surface area contributed by atoms with Crippen molar-refractivity contribution in [3.05, 3.63) is 35.9 Å². The molecule has 2 unspecified atom stereocenters. The molecule has 0 fully saturated rings. The zero-order valence-corrected chi connectivity index (χ0v) is 37.5. The number of primary amides is 1. The van der Waals surface area contributed by atoms with E-state index < -0.39 is 72.5 Å². The van der Waals surface area contributed by atoms with Crippen LogP contribution in [-0.4, -0.2) is 112 Å². The molecular weight excluding hydrogens is 785 g/mol. The first-order valence-corrected chi connectivity index (χ1v) is 22.2. The van der Waals surface area contributed by atoms with E-state index in [1.165, 1.54) is 18.9 Å². The van der Waals surface area contributed by atoms with Gasteiger partial charge in [0.1, 0.15) is 30.2 Å². The van der Waals surface area contributed by atoms with Crippen molar-refractivity contribution in [3.63, 3.8) is 0 Å². The van der Waals surface area contributed by atoms with Gasteiger partial charge in [0.05, 0.1) is 12.7 Å². The first-order chi connectivity index (χ1) is 28.9. The third-order valence-electron chi connectivity index (χ3n) is 11.0. The Kier molecular flexibility index (Phi) is 27.2. The second-order valence-corrected chi connectivity index (χ2v) is 16.8. The minimum Gasteiger partial charge on any atom is -0.480 e. The molecule has 0 aliphatic carbocycles. The lowest BCUT2D eigenvalue weighted by Gasteiger charge is -2.32. The van der Waals surface area contributed by atoms with E-state index in [9.17, 15) is 48.9 Å². The number of nitrogens with zero attached hydrogens (tertiary/aromatic N) is 1. The summed E-state index contributed by atoms with van der Waals surface area (Å²) in [6, 6.07) is 3.54. The minimum absolute atomic E-state index is 0.121. The minimum atomic E-state index is -1.32. The van der Waals surface area contributed by atoms with E-state index in [1.54, 1.807) is 6.92 Å². The van der Waals surface area contributed by atoms with Crippen molar-refractivity contribution in [2.24, 2.45) is 17.6 Å². The number of benzene rings is 1. The van der Waals surface area contributed by atoms with E-state index >= 15 is 0 Å². The molecule has 16 nitrogen and oxygen atoms in total. The lowest BCUT2D eigenvalue weighted by molar-refractivity contribution is -0.144. The molecule has 0 aromatic heterocycles. The summed E-state index contributed by atoms with van der Waals surface area (Å²) in [5.41, 5.74) is 6.02. The maximum atomic E-state index is 13.3. The molecule has 6 amide bonds. The maximum Gasteiger partial charge on any atom is 0.326 e. The fraction of sp³-hybridized carbons (Fsp3) is 0.711. The average molecular weight is 861 g/mol. The number of nitrogens with one attached hydrogen (secondary N) is 4. The molecule has 0 radical (unpaired) electrons. The molecule has 0 saturated heterocycles. The summed E-state index contributed by atoms with van der Waals surface area (Å²) in [6.45, 7) is 8.14. The van der Waals surface area contributed by atoms with Crippen molar-refractivity contribution in [1.82, 2.24) is 26.2 Å². The van der Waals surface area contributed by atoms with Crippen LogP contribution in [0.15, 0.2) is 30.3 Å². The SMILES string of the molecule is CC[C@H](C)[C@@H](NC(=O)[C@H]([C@H](C)O)N(C)C(=O)CCCCCCCCCCCCCCC(=O)NC(CC(C)C)C(=O)N[C@@H](Cc1ccccc1)C(=O)O)C(=O)NC(CO)C(N)=O. The van der Waals surface area contributed by atoms with E-state index in [2.05, 4.69) is 21.3 Å². The smallest absolute Gasteiger partial charge is 0.326 e. The normalized spacial score (nSPS) is 14.7. The number of carbonyl (C=O) groups is 7. The summed E-state index contributed by atoms with van der Waals surface area (Å²) in [6.07, 6.45) is 12.0. The Balaban J connectivity index is 2.33. The largest absolute Gasteiger partial charge is 0.480 e. The highest BCUT2D eigenvalue weighted by molar-refractivity contribution is 5.94. The number of likely N-dealkylation sites (N-methyl/N-ethyl adjacent to an activating group) is 1. The number of aliphatic hydroxyl groups is 2. The summed E-state index contributed by atoms with van der Waals surface area (Å²) in [4.78, 5) is 89.7. The van der Waals surface area contributed by atoms with Gasteiger partial charge in [0, 0.05) is 26.3 Å². The standard InChI is InChI=1S/C45H76N6O10/c1-7-31(4)39(43(58)49-36(29-52)41(46)56)50-44(59)40(32(5)53)51(6)38(55)26-22-17-15-13-11-9-8-10-12-14-16-21-25-37(54)47-34(27-30(2)3)42(57)48-35(45(60)61)28-33-23-19-18-20-24-33/h18-20,23-24,30-32,34-36,39-40,52-53H,7-17,21-22,25-29H2,1-6H3,(H2,46,56)(H,47,54)(H,48,57)(H,49,58)(H,50,59)(H,60,61)/t31-,32-,34?,35-,36?,39+,40-/m0/s1. The van der Waals surface area contributed by atoms with Crippen LogP contribution in [-0.2, 0) is 40.0 Å².